The van der Waals surface area contributed by atoms with Crippen LogP contribution in [-0.2, 0) is 17.9 Å². The Labute approximate surface area is 151 Å². The van der Waals surface area contributed by atoms with Gasteiger partial charge in [0, 0.05) is 37.2 Å². The summed E-state index contributed by atoms with van der Waals surface area (Å²) in [6, 6.07) is 5.16. The van der Waals surface area contributed by atoms with Crippen LogP contribution in [-0.4, -0.2) is 56.4 Å². The second-order valence-electron chi connectivity index (χ2n) is 6.65. The van der Waals surface area contributed by atoms with Crippen molar-refractivity contribution in [1.29, 1.82) is 0 Å². The molecule has 3 heterocycles. The lowest BCUT2D eigenvalue weighted by atomic mass is 10.0. The Kier molecular flexibility index (Phi) is 5.62. The van der Waals surface area contributed by atoms with E-state index in [1.54, 1.807) is 12.4 Å². The van der Waals surface area contributed by atoms with E-state index in [0.29, 0.717) is 6.54 Å². The zero-order valence-corrected chi connectivity index (χ0v) is 14.8. The first-order valence-corrected chi connectivity index (χ1v) is 8.69. The monoisotopic (exact) mass is 357 g/mol. The van der Waals surface area contributed by atoms with Crippen molar-refractivity contribution in [2.75, 3.05) is 20.1 Å². The van der Waals surface area contributed by atoms with Crippen molar-refractivity contribution in [2.24, 2.45) is 0 Å². The molecular weight excluding hydrogens is 334 g/mol. The van der Waals surface area contributed by atoms with Crippen LogP contribution in [0.25, 0.3) is 0 Å². The number of nitrogens with one attached hydrogen (secondary N) is 1. The van der Waals surface area contributed by atoms with E-state index in [9.17, 15) is 14.4 Å². The summed E-state index contributed by atoms with van der Waals surface area (Å²) in [5.41, 5.74) is -0.0400. The molecule has 0 radical (unpaired) electrons. The van der Waals surface area contributed by atoms with Crippen LogP contribution >= 0.6 is 0 Å². The minimum Gasteiger partial charge on any atom is -0.334 e. The maximum absolute atomic E-state index is 13.0. The number of carbonyl (C=O) groups excluding carboxylic acids is 1. The largest absolute Gasteiger partial charge is 0.334 e. The first-order chi connectivity index (χ1) is 12.5. The third kappa shape index (κ3) is 4.45. The Morgan fingerprint density at radius 1 is 1.23 bits per heavy atom. The molecule has 1 fully saturated rings. The lowest BCUT2D eigenvalue weighted by Gasteiger charge is -2.37. The van der Waals surface area contributed by atoms with Crippen molar-refractivity contribution < 1.29 is 4.79 Å². The van der Waals surface area contributed by atoms with Gasteiger partial charge in [0.15, 0.2) is 0 Å². The van der Waals surface area contributed by atoms with Crippen molar-refractivity contribution in [3.8, 4) is 0 Å². The quantitative estimate of drug-likeness (QED) is 0.817. The molecular formula is C18H23N5O3. The molecule has 1 amide bonds. The normalized spacial score (nSPS) is 15.7. The zero-order chi connectivity index (χ0) is 18.5. The standard InChI is InChI=1S/C18H23N5O3/c1-21-9-4-15(5-10-21)23(12-14-2-7-19-8-3-14)17(25)13-22-11-6-16(24)20-18(22)26/h2-3,6-8,11,15H,4-5,9-10,12-13H2,1H3,(H,20,24,26). The number of amides is 1. The van der Waals surface area contributed by atoms with E-state index >= 15 is 0 Å². The van der Waals surface area contributed by atoms with E-state index in [4.69, 9.17) is 0 Å². The fourth-order valence-electron chi connectivity index (χ4n) is 3.22. The van der Waals surface area contributed by atoms with Crippen molar-refractivity contribution in [2.45, 2.75) is 32.0 Å². The number of carbonyl (C=O) groups is 1. The highest BCUT2D eigenvalue weighted by Crippen LogP contribution is 2.19. The summed E-state index contributed by atoms with van der Waals surface area (Å²) in [4.78, 5) is 46.4. The highest BCUT2D eigenvalue weighted by atomic mass is 16.2. The number of likely N-dealkylation sites (tertiary alicyclic amines) is 1. The molecule has 1 saturated heterocycles. The minimum absolute atomic E-state index is 0.0902. The predicted molar refractivity (Wildman–Crippen MR) is 96.6 cm³/mol. The summed E-state index contributed by atoms with van der Waals surface area (Å²) in [6.07, 6.45) is 6.57. The van der Waals surface area contributed by atoms with Gasteiger partial charge in [-0.3, -0.25) is 24.1 Å². The van der Waals surface area contributed by atoms with Gasteiger partial charge in [0.2, 0.25) is 5.91 Å². The van der Waals surface area contributed by atoms with Gasteiger partial charge >= 0.3 is 5.69 Å². The number of aromatic nitrogens is 3. The van der Waals surface area contributed by atoms with Gasteiger partial charge in [-0.05, 0) is 50.7 Å². The third-order valence-corrected chi connectivity index (χ3v) is 4.75. The van der Waals surface area contributed by atoms with Crippen LogP contribution in [0.1, 0.15) is 18.4 Å². The van der Waals surface area contributed by atoms with Crippen LogP contribution < -0.4 is 11.2 Å². The number of aromatic amines is 1. The summed E-state index contributed by atoms with van der Waals surface area (Å²) < 4.78 is 1.23. The maximum Gasteiger partial charge on any atom is 0.328 e. The molecule has 0 spiro atoms. The lowest BCUT2D eigenvalue weighted by Crippen LogP contribution is -2.48. The highest BCUT2D eigenvalue weighted by Gasteiger charge is 2.27. The number of rotatable bonds is 5. The second-order valence-corrected chi connectivity index (χ2v) is 6.65. The second kappa shape index (κ2) is 8.09. The first-order valence-electron chi connectivity index (χ1n) is 8.69. The molecule has 1 aliphatic heterocycles. The average molecular weight is 357 g/mol. The van der Waals surface area contributed by atoms with E-state index in [1.807, 2.05) is 17.0 Å². The summed E-state index contributed by atoms with van der Waals surface area (Å²) in [7, 11) is 2.07. The van der Waals surface area contributed by atoms with Crippen LogP contribution in [0.3, 0.4) is 0 Å². The van der Waals surface area contributed by atoms with E-state index in [0.717, 1.165) is 31.5 Å². The molecule has 8 heteroatoms. The smallest absolute Gasteiger partial charge is 0.328 e. The van der Waals surface area contributed by atoms with Gasteiger partial charge in [0.05, 0.1) is 0 Å². The van der Waals surface area contributed by atoms with Gasteiger partial charge in [-0.1, -0.05) is 0 Å². The molecule has 3 rings (SSSR count). The molecule has 0 aliphatic carbocycles. The number of hydrogen-bond donors (Lipinski definition) is 1. The summed E-state index contributed by atoms with van der Waals surface area (Å²) in [5, 5.41) is 0. The topological polar surface area (TPSA) is 91.3 Å². The predicted octanol–water partition coefficient (Wildman–Crippen LogP) is 0.0546. The molecule has 0 bridgehead atoms. The van der Waals surface area contributed by atoms with Gasteiger partial charge in [-0.15, -0.1) is 0 Å². The molecule has 0 atom stereocenters. The summed E-state index contributed by atoms with van der Waals surface area (Å²) in [6.45, 7) is 2.26. The van der Waals surface area contributed by atoms with Gasteiger partial charge in [0.1, 0.15) is 6.54 Å². The van der Waals surface area contributed by atoms with Gasteiger partial charge in [-0.2, -0.15) is 0 Å². The molecule has 0 aromatic carbocycles. The molecule has 26 heavy (non-hydrogen) atoms. The van der Waals surface area contributed by atoms with Crippen LogP contribution in [0, 0.1) is 0 Å². The fraction of sp³-hybridized carbons (Fsp3) is 0.444. The molecule has 8 nitrogen and oxygen atoms in total. The van der Waals surface area contributed by atoms with Crippen molar-refractivity contribution >= 4 is 5.91 Å². The molecule has 0 unspecified atom stereocenters. The average Bonchev–Trinajstić information content (AvgIpc) is 2.64. The Morgan fingerprint density at radius 3 is 2.58 bits per heavy atom. The minimum atomic E-state index is -0.571. The molecule has 0 saturated carbocycles. The summed E-state index contributed by atoms with van der Waals surface area (Å²) >= 11 is 0. The Bertz CT molecular complexity index is 853. The van der Waals surface area contributed by atoms with Crippen molar-refractivity contribution in [1.82, 2.24) is 24.3 Å². The molecule has 1 aliphatic rings. The Balaban J connectivity index is 1.80. The number of H-pyrrole nitrogens is 1. The van der Waals surface area contributed by atoms with E-state index in [-0.39, 0.29) is 18.5 Å². The van der Waals surface area contributed by atoms with Gasteiger partial charge in [0.25, 0.3) is 5.56 Å². The highest BCUT2D eigenvalue weighted by molar-refractivity contribution is 5.76. The molecule has 2 aromatic rings. The van der Waals surface area contributed by atoms with Gasteiger partial charge < -0.3 is 9.80 Å². The number of hydrogen-bond acceptors (Lipinski definition) is 5. The number of nitrogens with zero attached hydrogens (tertiary/aromatic N) is 4. The lowest BCUT2D eigenvalue weighted by molar-refractivity contribution is -0.136. The third-order valence-electron chi connectivity index (χ3n) is 4.75. The fourth-order valence-corrected chi connectivity index (χ4v) is 3.22. The van der Waals surface area contributed by atoms with Crippen LogP contribution in [0.4, 0.5) is 0 Å². The molecule has 1 N–H and O–H groups in total. The van der Waals surface area contributed by atoms with Crippen molar-refractivity contribution in [3.05, 3.63) is 63.2 Å². The van der Waals surface area contributed by atoms with Crippen LogP contribution in [0.15, 0.2) is 46.4 Å². The SMILES string of the molecule is CN1CCC(N(Cc2ccncc2)C(=O)Cn2ccc(=O)[nH]c2=O)CC1. The number of piperidine rings is 1. The van der Waals surface area contributed by atoms with Crippen LogP contribution in [0.2, 0.25) is 0 Å². The first kappa shape index (κ1) is 18.1. The summed E-state index contributed by atoms with van der Waals surface area (Å²) in [5.74, 6) is -0.134. The Hall–Kier alpha value is -2.74. The van der Waals surface area contributed by atoms with Crippen molar-refractivity contribution in [3.63, 3.8) is 0 Å². The van der Waals surface area contributed by atoms with E-state index < -0.39 is 11.2 Å². The van der Waals surface area contributed by atoms with Crippen LogP contribution in [0.5, 0.6) is 0 Å². The molecule has 2 aromatic heterocycles. The Morgan fingerprint density at radius 2 is 1.92 bits per heavy atom. The number of pyridine rings is 1. The van der Waals surface area contributed by atoms with E-state index in [2.05, 4.69) is 21.9 Å². The zero-order valence-electron chi connectivity index (χ0n) is 14.8. The molecule has 138 valence electrons. The van der Waals surface area contributed by atoms with E-state index in [1.165, 1.54) is 16.8 Å². The maximum atomic E-state index is 13.0. The van der Waals surface area contributed by atoms with Gasteiger partial charge in [-0.25, -0.2) is 4.79 Å².